The Hall–Kier alpha value is -4.14. The van der Waals surface area contributed by atoms with Crippen LogP contribution in [-0.4, -0.2) is 64.4 Å². The summed E-state index contributed by atoms with van der Waals surface area (Å²) < 4.78 is 18.2. The van der Waals surface area contributed by atoms with Gasteiger partial charge in [0.25, 0.3) is 0 Å². The van der Waals surface area contributed by atoms with Crippen molar-refractivity contribution in [2.45, 2.75) is 70.9 Å². The molecule has 14 heteroatoms. The van der Waals surface area contributed by atoms with E-state index in [2.05, 4.69) is 47.8 Å². The Bertz CT molecular complexity index is 1660. The molecule has 2 aliphatic rings. The van der Waals surface area contributed by atoms with Gasteiger partial charge in [0.2, 0.25) is 11.8 Å². The number of aromatic hydroxyl groups is 1. The van der Waals surface area contributed by atoms with Gasteiger partial charge in [-0.05, 0) is 100 Å². The fourth-order valence-electron chi connectivity index (χ4n) is 4.88. The van der Waals surface area contributed by atoms with Gasteiger partial charge in [-0.25, -0.2) is 9.59 Å². The number of benzene rings is 3. The first kappa shape index (κ1) is 36.7. The average Bonchev–Trinajstić information content (AvgIpc) is 2.99. The molecule has 5 N–H and O–H groups in total. The minimum atomic E-state index is -1.38. The summed E-state index contributed by atoms with van der Waals surface area (Å²) in [5.74, 6) is -2.63. The lowest BCUT2D eigenvalue weighted by atomic mass is 10.0. The number of phenolic OH excluding ortho intramolecular Hbond substituents is 1. The SMILES string of the molecule is Cc1cc2cc(c1O)Oc1c(Br)cc(cc1Br)CC(C(=O)O)NC(=O)C(COCc1ccccc1)NC(=O)C(NC(=O)OC(C)(C)C)C2. The van der Waals surface area contributed by atoms with E-state index in [0.29, 0.717) is 31.4 Å². The molecule has 4 bridgehead atoms. The highest BCUT2D eigenvalue weighted by Gasteiger charge is 2.32. The van der Waals surface area contributed by atoms with E-state index < -0.39 is 47.6 Å². The minimum absolute atomic E-state index is 0.0762. The molecule has 0 fully saturated rings. The van der Waals surface area contributed by atoms with Crippen LogP contribution in [0.25, 0.3) is 0 Å². The van der Waals surface area contributed by atoms with Crippen molar-refractivity contribution in [1.29, 1.82) is 0 Å². The van der Waals surface area contributed by atoms with Crippen LogP contribution in [0.3, 0.4) is 0 Å². The van der Waals surface area contributed by atoms with E-state index in [1.807, 2.05) is 30.3 Å². The van der Waals surface area contributed by atoms with Crippen LogP contribution in [0, 0.1) is 6.92 Å². The fourth-order valence-corrected chi connectivity index (χ4v) is 6.32. The molecule has 0 radical (unpaired) electrons. The van der Waals surface area contributed by atoms with Gasteiger partial charge in [-0.3, -0.25) is 9.59 Å². The molecule has 0 saturated heterocycles. The van der Waals surface area contributed by atoms with Gasteiger partial charge in [0, 0.05) is 12.8 Å². The van der Waals surface area contributed by atoms with Crippen molar-refractivity contribution >= 4 is 55.7 Å². The number of aryl methyl sites for hydroxylation is 1. The summed E-state index contributed by atoms with van der Waals surface area (Å²) in [6.45, 7) is 6.49. The summed E-state index contributed by atoms with van der Waals surface area (Å²) >= 11 is 6.94. The Morgan fingerprint density at radius 1 is 0.979 bits per heavy atom. The number of carboxylic acids is 1. The van der Waals surface area contributed by atoms with Gasteiger partial charge >= 0.3 is 12.1 Å². The molecule has 12 nitrogen and oxygen atoms in total. The van der Waals surface area contributed by atoms with E-state index in [4.69, 9.17) is 14.2 Å². The number of hydrogen-bond acceptors (Lipinski definition) is 8. The summed E-state index contributed by atoms with van der Waals surface area (Å²) in [5.41, 5.74) is 1.44. The number of nitrogens with one attached hydrogen (secondary N) is 3. The fraction of sp³-hybridized carbons (Fsp3) is 0.353. The van der Waals surface area contributed by atoms with E-state index in [1.54, 1.807) is 45.9 Å². The minimum Gasteiger partial charge on any atom is -0.504 e. The number of amides is 3. The van der Waals surface area contributed by atoms with Crippen LogP contribution in [0.2, 0.25) is 0 Å². The first-order valence-corrected chi connectivity index (χ1v) is 16.6. The number of carbonyl (C=O) groups excluding carboxylic acids is 3. The van der Waals surface area contributed by atoms with Crippen molar-refractivity contribution in [2.24, 2.45) is 0 Å². The molecule has 3 aromatic carbocycles. The largest absolute Gasteiger partial charge is 0.504 e. The van der Waals surface area contributed by atoms with Gasteiger partial charge in [0.1, 0.15) is 23.7 Å². The Kier molecular flexibility index (Phi) is 12.1. The molecule has 2 aliphatic heterocycles. The van der Waals surface area contributed by atoms with Crippen molar-refractivity contribution in [3.63, 3.8) is 0 Å². The monoisotopic (exact) mass is 789 g/mol. The van der Waals surface area contributed by atoms with Crippen LogP contribution >= 0.6 is 31.9 Å². The lowest BCUT2D eigenvalue weighted by Crippen LogP contribution is -2.58. The van der Waals surface area contributed by atoms with Gasteiger partial charge in [0.15, 0.2) is 17.2 Å². The topological polar surface area (TPSA) is 173 Å². The zero-order chi connectivity index (χ0) is 35.2. The van der Waals surface area contributed by atoms with E-state index in [9.17, 15) is 29.4 Å². The number of halogens is 2. The molecule has 0 saturated carbocycles. The van der Waals surface area contributed by atoms with Crippen molar-refractivity contribution in [2.75, 3.05) is 6.61 Å². The quantitative estimate of drug-likeness (QED) is 0.223. The van der Waals surface area contributed by atoms with E-state index >= 15 is 0 Å². The molecule has 3 amide bonds. The lowest BCUT2D eigenvalue weighted by molar-refractivity contribution is -0.142. The molecule has 0 aromatic heterocycles. The maximum atomic E-state index is 13.9. The second-order valence-electron chi connectivity index (χ2n) is 12.3. The van der Waals surface area contributed by atoms with Crippen LogP contribution in [0.4, 0.5) is 4.79 Å². The molecule has 48 heavy (non-hydrogen) atoms. The number of carboxylic acid groups (broad SMARTS) is 1. The first-order valence-electron chi connectivity index (χ1n) is 15.0. The molecule has 0 spiro atoms. The number of aliphatic carboxylic acids is 1. The molecule has 2 heterocycles. The number of rotatable bonds is 6. The van der Waals surface area contributed by atoms with Gasteiger partial charge in [-0.15, -0.1) is 0 Å². The number of ether oxygens (including phenoxy) is 3. The third-order valence-electron chi connectivity index (χ3n) is 7.13. The summed E-state index contributed by atoms with van der Waals surface area (Å²) in [6.07, 6.45) is -1.09. The first-order chi connectivity index (χ1) is 22.6. The van der Waals surface area contributed by atoms with Gasteiger partial charge in [-0.1, -0.05) is 36.4 Å². The number of phenols is 1. The zero-order valence-electron chi connectivity index (χ0n) is 26.8. The third kappa shape index (κ3) is 10.2. The van der Waals surface area contributed by atoms with Gasteiger partial charge in [0.05, 0.1) is 22.2 Å². The lowest BCUT2D eigenvalue weighted by Gasteiger charge is -2.26. The van der Waals surface area contributed by atoms with Crippen LogP contribution in [-0.2, 0) is 43.3 Å². The Labute approximate surface area is 294 Å². The third-order valence-corrected chi connectivity index (χ3v) is 8.30. The predicted molar refractivity (Wildman–Crippen MR) is 183 cm³/mol. The standard InChI is InChI=1S/C34H37Br2N3O9/c1-18-10-20-13-24(39-33(45)48-34(2,3)4)30(41)38-26(17-46-16-19-8-6-5-7-9-19)31(42)37-25(32(43)44)14-21-11-22(35)29(23(36)12-21)47-27(15-20)28(18)40/h5-12,15,24-26,40H,13-14,16-17H2,1-4H3,(H,37,42)(H,38,41)(H,39,45)(H,43,44). The van der Waals surface area contributed by atoms with Crippen LogP contribution < -0.4 is 20.7 Å². The van der Waals surface area contributed by atoms with E-state index in [1.165, 1.54) is 6.07 Å². The van der Waals surface area contributed by atoms with Gasteiger partial charge < -0.3 is 40.4 Å². The molecule has 3 aromatic rings. The van der Waals surface area contributed by atoms with Crippen LogP contribution in [0.1, 0.15) is 43.0 Å². The number of hydrogen-bond donors (Lipinski definition) is 5. The summed E-state index contributed by atoms with van der Waals surface area (Å²) in [5, 5.41) is 28.7. The molecular weight excluding hydrogens is 754 g/mol. The number of alkyl carbamates (subject to hydrolysis) is 1. The molecule has 0 aliphatic carbocycles. The summed E-state index contributed by atoms with van der Waals surface area (Å²) in [6, 6.07) is 11.7. The normalized spacial score (nSPS) is 18.6. The van der Waals surface area contributed by atoms with Gasteiger partial charge in [-0.2, -0.15) is 0 Å². The van der Waals surface area contributed by atoms with Crippen molar-refractivity contribution < 1.29 is 43.6 Å². The summed E-state index contributed by atoms with van der Waals surface area (Å²) in [4.78, 5) is 52.7. The van der Waals surface area contributed by atoms with Crippen molar-refractivity contribution in [1.82, 2.24) is 16.0 Å². The highest BCUT2D eigenvalue weighted by molar-refractivity contribution is 9.11. The van der Waals surface area contributed by atoms with Crippen LogP contribution in [0.5, 0.6) is 17.2 Å². The highest BCUT2D eigenvalue weighted by Crippen LogP contribution is 2.42. The zero-order valence-corrected chi connectivity index (χ0v) is 29.9. The molecule has 5 rings (SSSR count). The second kappa shape index (κ2) is 15.8. The maximum absolute atomic E-state index is 13.9. The van der Waals surface area contributed by atoms with Crippen LogP contribution in [0.15, 0.2) is 63.5 Å². The molecule has 3 atom stereocenters. The highest BCUT2D eigenvalue weighted by atomic mass is 79.9. The Balaban J connectivity index is 1.77. The average molecular weight is 791 g/mol. The number of fused-ring (bicyclic) bond motifs is 10. The Morgan fingerprint density at radius 2 is 1.62 bits per heavy atom. The molecular formula is C34H37Br2N3O9. The van der Waals surface area contributed by atoms with E-state index in [0.717, 1.165) is 5.56 Å². The van der Waals surface area contributed by atoms with Crippen molar-refractivity contribution in [3.05, 3.63) is 85.8 Å². The molecule has 3 unspecified atom stereocenters. The smallest absolute Gasteiger partial charge is 0.408 e. The number of carbonyl (C=O) groups is 4. The Morgan fingerprint density at radius 3 is 2.25 bits per heavy atom. The predicted octanol–water partition coefficient (Wildman–Crippen LogP) is 5.28. The molecule has 256 valence electrons. The van der Waals surface area contributed by atoms with E-state index in [-0.39, 0.29) is 37.6 Å². The maximum Gasteiger partial charge on any atom is 0.408 e. The summed E-state index contributed by atoms with van der Waals surface area (Å²) in [7, 11) is 0. The van der Waals surface area contributed by atoms with Crippen molar-refractivity contribution in [3.8, 4) is 17.2 Å². The second-order valence-corrected chi connectivity index (χ2v) is 14.0.